The van der Waals surface area contributed by atoms with E-state index in [1.54, 1.807) is 7.11 Å². The summed E-state index contributed by atoms with van der Waals surface area (Å²) in [5, 5.41) is 3.64. The van der Waals surface area contributed by atoms with Gasteiger partial charge in [0, 0.05) is 19.5 Å². The first-order valence-corrected chi connectivity index (χ1v) is 8.56. The zero-order valence-electron chi connectivity index (χ0n) is 14.6. The monoisotopic (exact) mass is 313 g/mol. The van der Waals surface area contributed by atoms with Crippen LogP contribution in [0.15, 0.2) is 18.2 Å². The zero-order chi connectivity index (χ0) is 16.4. The SMILES string of the molecule is CCc1nc(OC)c2n1CCN[C@@H]2CCc1ccc(C)c(C)c1. The van der Waals surface area contributed by atoms with Crippen LogP contribution in [0.3, 0.4) is 0 Å². The lowest BCUT2D eigenvalue weighted by Gasteiger charge is -2.27. The first-order valence-electron chi connectivity index (χ1n) is 8.56. The van der Waals surface area contributed by atoms with Gasteiger partial charge < -0.3 is 14.6 Å². The van der Waals surface area contributed by atoms with E-state index in [4.69, 9.17) is 4.74 Å². The van der Waals surface area contributed by atoms with Crippen molar-refractivity contribution in [2.45, 2.75) is 52.6 Å². The highest BCUT2D eigenvalue weighted by Crippen LogP contribution is 2.31. The van der Waals surface area contributed by atoms with Gasteiger partial charge in [-0.1, -0.05) is 25.1 Å². The summed E-state index contributed by atoms with van der Waals surface area (Å²) in [6.07, 6.45) is 3.07. The molecule has 1 aliphatic rings. The molecule has 4 heteroatoms. The number of hydrogen-bond acceptors (Lipinski definition) is 3. The quantitative estimate of drug-likeness (QED) is 0.920. The molecule has 0 amide bonds. The highest BCUT2D eigenvalue weighted by Gasteiger charge is 2.27. The highest BCUT2D eigenvalue weighted by molar-refractivity contribution is 5.31. The number of benzene rings is 1. The Balaban J connectivity index is 1.80. The number of nitrogens with zero attached hydrogens (tertiary/aromatic N) is 2. The summed E-state index contributed by atoms with van der Waals surface area (Å²) in [7, 11) is 1.72. The van der Waals surface area contributed by atoms with Crippen LogP contribution in [0.4, 0.5) is 0 Å². The summed E-state index contributed by atoms with van der Waals surface area (Å²) >= 11 is 0. The van der Waals surface area contributed by atoms with Crippen molar-refractivity contribution in [2.75, 3.05) is 13.7 Å². The fourth-order valence-electron chi connectivity index (χ4n) is 3.45. The second-order valence-corrected chi connectivity index (χ2v) is 6.39. The molecule has 0 saturated carbocycles. The first kappa shape index (κ1) is 16.1. The predicted molar refractivity (Wildman–Crippen MR) is 93.1 cm³/mol. The molecule has 2 heterocycles. The van der Waals surface area contributed by atoms with Gasteiger partial charge in [-0.15, -0.1) is 0 Å². The number of hydrogen-bond donors (Lipinski definition) is 1. The van der Waals surface area contributed by atoms with Crippen molar-refractivity contribution in [2.24, 2.45) is 0 Å². The van der Waals surface area contributed by atoms with Gasteiger partial charge >= 0.3 is 0 Å². The van der Waals surface area contributed by atoms with Crippen molar-refractivity contribution < 1.29 is 4.74 Å². The van der Waals surface area contributed by atoms with E-state index in [1.807, 2.05) is 0 Å². The van der Waals surface area contributed by atoms with Gasteiger partial charge in [0.25, 0.3) is 0 Å². The molecule has 1 aliphatic heterocycles. The Morgan fingerprint density at radius 1 is 1.30 bits per heavy atom. The standard InChI is InChI=1S/C19H27N3O/c1-5-17-21-19(23-4)18-16(20-10-11-22(17)18)9-8-15-7-6-13(2)14(3)12-15/h6-7,12,16,20H,5,8-11H2,1-4H3/t16-/m1/s1. The Kier molecular flexibility index (Phi) is 4.71. The van der Waals surface area contributed by atoms with Crippen LogP contribution in [-0.2, 0) is 19.4 Å². The molecule has 0 aliphatic carbocycles. The molecule has 0 spiro atoms. The Labute approximate surface area is 138 Å². The normalized spacial score (nSPS) is 17.1. The van der Waals surface area contributed by atoms with Crippen LogP contribution in [-0.4, -0.2) is 23.2 Å². The zero-order valence-corrected chi connectivity index (χ0v) is 14.6. The Hall–Kier alpha value is -1.81. The average molecular weight is 313 g/mol. The van der Waals surface area contributed by atoms with Gasteiger partial charge in [-0.2, -0.15) is 4.98 Å². The van der Waals surface area contributed by atoms with Gasteiger partial charge in [0.15, 0.2) is 0 Å². The molecule has 0 unspecified atom stereocenters. The van der Waals surface area contributed by atoms with E-state index in [1.165, 1.54) is 22.4 Å². The van der Waals surface area contributed by atoms with E-state index in [2.05, 4.69) is 53.8 Å². The van der Waals surface area contributed by atoms with E-state index in [0.29, 0.717) is 6.04 Å². The Bertz CT molecular complexity index is 690. The second-order valence-electron chi connectivity index (χ2n) is 6.39. The number of methoxy groups -OCH3 is 1. The van der Waals surface area contributed by atoms with Gasteiger partial charge in [0.1, 0.15) is 5.82 Å². The van der Waals surface area contributed by atoms with E-state index >= 15 is 0 Å². The largest absolute Gasteiger partial charge is 0.480 e. The third kappa shape index (κ3) is 3.13. The molecule has 4 nitrogen and oxygen atoms in total. The van der Waals surface area contributed by atoms with E-state index < -0.39 is 0 Å². The molecule has 1 N–H and O–H groups in total. The van der Waals surface area contributed by atoms with Crippen molar-refractivity contribution in [1.29, 1.82) is 0 Å². The highest BCUT2D eigenvalue weighted by atomic mass is 16.5. The minimum atomic E-state index is 0.313. The summed E-state index contributed by atoms with van der Waals surface area (Å²) in [5.74, 6) is 1.92. The predicted octanol–water partition coefficient (Wildman–Crippen LogP) is 3.35. The maximum Gasteiger partial charge on any atom is 0.236 e. The lowest BCUT2D eigenvalue weighted by Crippen LogP contribution is -2.34. The molecule has 1 aromatic carbocycles. The van der Waals surface area contributed by atoms with Crippen LogP contribution in [0.5, 0.6) is 5.88 Å². The average Bonchev–Trinajstić information content (AvgIpc) is 2.94. The number of fused-ring (bicyclic) bond motifs is 1. The molecule has 0 bridgehead atoms. The molecule has 1 atom stereocenters. The molecule has 124 valence electrons. The lowest BCUT2D eigenvalue weighted by molar-refractivity contribution is 0.356. The lowest BCUT2D eigenvalue weighted by atomic mass is 9.99. The third-order valence-corrected chi connectivity index (χ3v) is 4.91. The molecular weight excluding hydrogens is 286 g/mol. The van der Waals surface area contributed by atoms with E-state index in [9.17, 15) is 0 Å². The number of rotatable bonds is 5. The first-order chi connectivity index (χ1) is 11.1. The van der Waals surface area contributed by atoms with Crippen LogP contribution in [0.2, 0.25) is 0 Å². The van der Waals surface area contributed by atoms with Gasteiger partial charge in [-0.05, 0) is 43.4 Å². The molecule has 23 heavy (non-hydrogen) atoms. The van der Waals surface area contributed by atoms with E-state index in [0.717, 1.165) is 44.1 Å². The van der Waals surface area contributed by atoms with Crippen molar-refractivity contribution in [1.82, 2.24) is 14.9 Å². The summed E-state index contributed by atoms with van der Waals surface area (Å²) in [6, 6.07) is 7.09. The number of ether oxygens (including phenoxy) is 1. The second kappa shape index (κ2) is 6.75. The summed E-state index contributed by atoms with van der Waals surface area (Å²) < 4.78 is 7.89. The molecular formula is C19H27N3O. The van der Waals surface area contributed by atoms with Crippen molar-refractivity contribution >= 4 is 0 Å². The molecule has 0 fully saturated rings. The maximum absolute atomic E-state index is 5.54. The Morgan fingerprint density at radius 3 is 2.83 bits per heavy atom. The fraction of sp³-hybridized carbons (Fsp3) is 0.526. The Morgan fingerprint density at radius 2 is 2.13 bits per heavy atom. The topological polar surface area (TPSA) is 39.1 Å². The van der Waals surface area contributed by atoms with Crippen LogP contribution in [0.25, 0.3) is 0 Å². The van der Waals surface area contributed by atoms with Crippen molar-refractivity contribution in [3.05, 3.63) is 46.4 Å². The van der Waals surface area contributed by atoms with Crippen LogP contribution < -0.4 is 10.1 Å². The molecule has 0 radical (unpaired) electrons. The fourth-order valence-corrected chi connectivity index (χ4v) is 3.45. The minimum absolute atomic E-state index is 0.313. The molecule has 3 rings (SSSR count). The van der Waals surface area contributed by atoms with Crippen LogP contribution in [0.1, 0.15) is 47.6 Å². The number of nitrogens with one attached hydrogen (secondary N) is 1. The van der Waals surface area contributed by atoms with Crippen LogP contribution >= 0.6 is 0 Å². The maximum atomic E-state index is 5.54. The summed E-state index contributed by atoms with van der Waals surface area (Å²) in [5.41, 5.74) is 5.35. The van der Waals surface area contributed by atoms with Gasteiger partial charge in [0.05, 0.1) is 18.8 Å². The number of imidazole rings is 1. The summed E-state index contributed by atoms with van der Waals surface area (Å²) in [4.78, 5) is 4.66. The molecule has 0 saturated heterocycles. The smallest absolute Gasteiger partial charge is 0.236 e. The van der Waals surface area contributed by atoms with E-state index in [-0.39, 0.29) is 0 Å². The summed E-state index contributed by atoms with van der Waals surface area (Å²) in [6.45, 7) is 8.48. The molecule has 1 aromatic heterocycles. The van der Waals surface area contributed by atoms with Gasteiger partial charge in [0.2, 0.25) is 5.88 Å². The van der Waals surface area contributed by atoms with Gasteiger partial charge in [-0.3, -0.25) is 0 Å². The minimum Gasteiger partial charge on any atom is -0.480 e. The van der Waals surface area contributed by atoms with Crippen molar-refractivity contribution in [3.63, 3.8) is 0 Å². The van der Waals surface area contributed by atoms with Crippen molar-refractivity contribution in [3.8, 4) is 5.88 Å². The molecule has 2 aromatic rings. The number of aromatic nitrogens is 2. The van der Waals surface area contributed by atoms with Crippen LogP contribution in [0, 0.1) is 13.8 Å². The number of aryl methyl sites for hydroxylation is 4. The van der Waals surface area contributed by atoms with Gasteiger partial charge in [-0.25, -0.2) is 0 Å². The third-order valence-electron chi connectivity index (χ3n) is 4.91.